The predicted molar refractivity (Wildman–Crippen MR) is 113 cm³/mol. The third-order valence-electron chi connectivity index (χ3n) is 4.35. The van der Waals surface area contributed by atoms with E-state index in [-0.39, 0.29) is 6.04 Å². The second-order valence-electron chi connectivity index (χ2n) is 8.50. The van der Waals surface area contributed by atoms with Crippen LogP contribution < -0.4 is 10.1 Å². The largest absolute Gasteiger partial charge is 0.495 e. The Bertz CT molecular complexity index is 1010. The molecule has 160 valence electrons. The molecular formula is C22H28N4O4. The molecule has 1 atom stereocenters. The topological polar surface area (TPSA) is 99.4 Å². The predicted octanol–water partition coefficient (Wildman–Crippen LogP) is 4.91. The van der Waals surface area contributed by atoms with E-state index >= 15 is 0 Å². The molecule has 1 amide bonds. The fourth-order valence-corrected chi connectivity index (χ4v) is 3.18. The number of nitrogens with zero attached hydrogens (tertiary/aromatic N) is 3. The van der Waals surface area contributed by atoms with E-state index in [9.17, 15) is 4.79 Å². The summed E-state index contributed by atoms with van der Waals surface area (Å²) in [6.07, 6.45) is 4.90. The quantitative estimate of drug-likeness (QED) is 0.614. The van der Waals surface area contributed by atoms with Gasteiger partial charge >= 0.3 is 6.09 Å². The Morgan fingerprint density at radius 3 is 2.60 bits per heavy atom. The lowest BCUT2D eigenvalue weighted by Crippen LogP contribution is -2.36. The van der Waals surface area contributed by atoms with E-state index in [1.807, 2.05) is 32.9 Å². The van der Waals surface area contributed by atoms with Gasteiger partial charge in [-0.15, -0.1) is 0 Å². The van der Waals surface area contributed by atoms with Gasteiger partial charge in [-0.2, -0.15) is 0 Å². The summed E-state index contributed by atoms with van der Waals surface area (Å²) in [5, 5.41) is 3.65. The van der Waals surface area contributed by atoms with Gasteiger partial charge in [0, 0.05) is 6.20 Å². The van der Waals surface area contributed by atoms with Crippen LogP contribution in [0.25, 0.3) is 22.2 Å². The Kier molecular flexibility index (Phi) is 6.24. The Labute approximate surface area is 176 Å². The number of alkyl carbamates (subject to hydrolysis) is 1. The Morgan fingerprint density at radius 2 is 2.00 bits per heavy atom. The van der Waals surface area contributed by atoms with E-state index in [4.69, 9.17) is 18.9 Å². The number of aromatic nitrogens is 3. The van der Waals surface area contributed by atoms with Crippen LogP contribution in [-0.4, -0.2) is 33.8 Å². The first-order valence-electron chi connectivity index (χ1n) is 9.90. The minimum Gasteiger partial charge on any atom is -0.495 e. The third-order valence-corrected chi connectivity index (χ3v) is 4.35. The summed E-state index contributed by atoms with van der Waals surface area (Å²) < 4.78 is 16.4. The van der Waals surface area contributed by atoms with Crippen LogP contribution in [0.5, 0.6) is 5.75 Å². The van der Waals surface area contributed by atoms with Crippen LogP contribution in [0, 0.1) is 5.92 Å². The Balaban J connectivity index is 1.96. The second kappa shape index (κ2) is 8.69. The van der Waals surface area contributed by atoms with Crippen LogP contribution in [0.15, 0.2) is 35.3 Å². The number of ether oxygens (including phenoxy) is 2. The zero-order valence-corrected chi connectivity index (χ0v) is 18.2. The molecule has 3 aromatic rings. The van der Waals surface area contributed by atoms with Crippen LogP contribution in [-0.2, 0) is 4.74 Å². The van der Waals surface area contributed by atoms with Crippen molar-refractivity contribution in [3.05, 3.63) is 36.7 Å². The van der Waals surface area contributed by atoms with Crippen LogP contribution in [0.4, 0.5) is 4.79 Å². The maximum atomic E-state index is 12.3. The van der Waals surface area contributed by atoms with Crippen LogP contribution >= 0.6 is 0 Å². The summed E-state index contributed by atoms with van der Waals surface area (Å²) >= 11 is 0. The zero-order chi connectivity index (χ0) is 21.9. The van der Waals surface area contributed by atoms with E-state index in [1.54, 1.807) is 19.5 Å². The molecule has 0 aliphatic carbocycles. The van der Waals surface area contributed by atoms with Crippen molar-refractivity contribution in [3.63, 3.8) is 0 Å². The fraction of sp³-hybridized carbons (Fsp3) is 0.455. The van der Waals surface area contributed by atoms with E-state index in [2.05, 4.69) is 29.1 Å². The Morgan fingerprint density at radius 1 is 1.23 bits per heavy atom. The summed E-state index contributed by atoms with van der Waals surface area (Å²) in [7, 11) is 1.59. The van der Waals surface area contributed by atoms with Crippen molar-refractivity contribution in [3.8, 4) is 17.1 Å². The lowest BCUT2D eigenvalue weighted by molar-refractivity contribution is 0.0495. The molecule has 8 heteroatoms. The average Bonchev–Trinajstić information content (AvgIpc) is 3.18. The number of amides is 1. The van der Waals surface area contributed by atoms with E-state index in [1.165, 1.54) is 6.39 Å². The summed E-state index contributed by atoms with van der Waals surface area (Å²) in [6.45, 7) is 9.65. The first-order valence-corrected chi connectivity index (χ1v) is 9.90. The van der Waals surface area contributed by atoms with Crippen molar-refractivity contribution in [1.29, 1.82) is 0 Å². The molecule has 0 saturated heterocycles. The first kappa shape index (κ1) is 21.5. The lowest BCUT2D eigenvalue weighted by atomic mass is 10.0. The summed E-state index contributed by atoms with van der Waals surface area (Å²) in [5.41, 5.74) is 0.894. The molecule has 0 aliphatic heterocycles. The van der Waals surface area contributed by atoms with Gasteiger partial charge < -0.3 is 19.2 Å². The highest BCUT2D eigenvalue weighted by Gasteiger charge is 2.24. The Hall–Kier alpha value is -3.16. The average molecular weight is 412 g/mol. The van der Waals surface area contributed by atoms with Crippen molar-refractivity contribution in [2.24, 2.45) is 5.92 Å². The smallest absolute Gasteiger partial charge is 0.408 e. The molecule has 3 rings (SSSR count). The normalized spacial score (nSPS) is 12.8. The molecule has 8 nitrogen and oxygen atoms in total. The van der Waals surface area contributed by atoms with Gasteiger partial charge in [-0.3, -0.25) is 0 Å². The maximum absolute atomic E-state index is 12.3. The number of hydrogen-bond donors (Lipinski definition) is 1. The number of hydrogen-bond acceptors (Lipinski definition) is 7. The van der Waals surface area contributed by atoms with Gasteiger partial charge in [0.1, 0.15) is 11.4 Å². The molecule has 0 spiro atoms. The highest BCUT2D eigenvalue weighted by Crippen LogP contribution is 2.36. The lowest BCUT2D eigenvalue weighted by Gasteiger charge is -2.24. The van der Waals surface area contributed by atoms with Crippen molar-refractivity contribution in [2.45, 2.75) is 52.7 Å². The molecule has 30 heavy (non-hydrogen) atoms. The molecular weight excluding hydrogens is 384 g/mol. The zero-order valence-electron chi connectivity index (χ0n) is 18.2. The molecule has 0 aliphatic rings. The minimum atomic E-state index is -0.582. The summed E-state index contributed by atoms with van der Waals surface area (Å²) in [4.78, 5) is 25.5. The minimum absolute atomic E-state index is 0.326. The van der Waals surface area contributed by atoms with Gasteiger partial charge in [0.05, 0.1) is 35.8 Å². The van der Waals surface area contributed by atoms with Gasteiger partial charge in [0.15, 0.2) is 18.0 Å². The van der Waals surface area contributed by atoms with E-state index in [0.29, 0.717) is 35.2 Å². The van der Waals surface area contributed by atoms with Gasteiger partial charge in [-0.1, -0.05) is 13.8 Å². The number of nitrogens with one attached hydrogen (secondary N) is 1. The molecule has 2 heterocycles. The molecule has 0 saturated carbocycles. The van der Waals surface area contributed by atoms with Gasteiger partial charge in [-0.25, -0.2) is 19.7 Å². The number of carbonyl (C=O) groups is 1. The number of fused-ring (bicyclic) bond motifs is 1. The molecule has 1 N–H and O–H groups in total. The number of rotatable bonds is 6. The van der Waals surface area contributed by atoms with Crippen LogP contribution in [0.3, 0.4) is 0 Å². The monoisotopic (exact) mass is 412 g/mol. The molecule has 2 aromatic heterocycles. The molecule has 1 unspecified atom stereocenters. The second-order valence-corrected chi connectivity index (χ2v) is 8.50. The molecule has 0 bridgehead atoms. The van der Waals surface area contributed by atoms with Crippen LogP contribution in [0.1, 0.15) is 52.9 Å². The summed E-state index contributed by atoms with van der Waals surface area (Å²) in [5.74, 6) is 2.06. The van der Waals surface area contributed by atoms with Crippen molar-refractivity contribution in [1.82, 2.24) is 20.3 Å². The first-order chi connectivity index (χ1) is 14.2. The standard InChI is InChI=1S/C22H28N4O4/c1-13(2)9-17(26-21(27)30-22(3,4)5)20-24-10-15-16(25-20)8-7-14(19(15)28-6)18-11-23-12-29-18/h7-8,10-13,17H,9H2,1-6H3,(H,26,27). The number of methoxy groups -OCH3 is 1. The van der Waals surface area contributed by atoms with Gasteiger partial charge in [0.2, 0.25) is 0 Å². The number of benzene rings is 1. The number of carbonyl (C=O) groups excluding carboxylic acids is 1. The number of oxazole rings is 1. The SMILES string of the molecule is COc1c(-c2cnco2)ccc2nc(C(CC(C)C)NC(=O)OC(C)(C)C)ncc12. The van der Waals surface area contributed by atoms with Crippen LogP contribution in [0.2, 0.25) is 0 Å². The van der Waals surface area contributed by atoms with Crippen molar-refractivity contribution < 1.29 is 18.7 Å². The molecule has 0 fully saturated rings. The van der Waals surface area contributed by atoms with E-state index in [0.717, 1.165) is 10.9 Å². The highest BCUT2D eigenvalue weighted by molar-refractivity contribution is 5.91. The van der Waals surface area contributed by atoms with Crippen molar-refractivity contribution >= 4 is 17.0 Å². The van der Waals surface area contributed by atoms with E-state index < -0.39 is 11.7 Å². The van der Waals surface area contributed by atoms with Gasteiger partial charge in [-0.05, 0) is 45.2 Å². The highest BCUT2D eigenvalue weighted by atomic mass is 16.6. The van der Waals surface area contributed by atoms with Crippen molar-refractivity contribution in [2.75, 3.05) is 7.11 Å². The molecule has 1 aromatic carbocycles. The third kappa shape index (κ3) is 5.06. The fourth-order valence-electron chi connectivity index (χ4n) is 3.18. The van der Waals surface area contributed by atoms with Gasteiger partial charge in [0.25, 0.3) is 0 Å². The molecule has 0 radical (unpaired) electrons. The summed E-state index contributed by atoms with van der Waals surface area (Å²) in [6, 6.07) is 3.38. The maximum Gasteiger partial charge on any atom is 0.408 e.